The van der Waals surface area contributed by atoms with Gasteiger partial charge in [-0.1, -0.05) is 6.58 Å². The van der Waals surface area contributed by atoms with Crippen molar-refractivity contribution in [2.24, 2.45) is 0 Å². The first-order chi connectivity index (χ1) is 4.47. The lowest BCUT2D eigenvalue weighted by molar-refractivity contribution is -0.379. The molecule has 0 aliphatic rings. The summed E-state index contributed by atoms with van der Waals surface area (Å²) in [6.45, 7) is 3.11. The average molecular weight is 168 g/mol. The Balaban J connectivity index is 0. The number of hydrogen-bond acceptors (Lipinski definition) is 6. The van der Waals surface area contributed by atoms with Gasteiger partial charge < -0.3 is 14.4 Å². The third-order valence-corrected chi connectivity index (χ3v) is 0.396. The van der Waals surface area contributed by atoms with E-state index in [4.69, 9.17) is 24.4 Å². The van der Waals surface area contributed by atoms with Crippen molar-refractivity contribution in [2.75, 3.05) is 0 Å². The van der Waals surface area contributed by atoms with Crippen LogP contribution < -0.4 is 9.79 Å². The Morgan fingerprint density at radius 3 is 1.80 bits per heavy atom. The number of carbonyl (C=O) groups excluding carboxylic acids is 1. The number of carbonyl (C=O) groups is 1. The van der Waals surface area contributed by atoms with Gasteiger partial charge in [-0.25, -0.2) is 9.93 Å². The normalized spacial score (nSPS) is 9.10. The van der Waals surface area contributed by atoms with Crippen LogP contribution in [0, 0.1) is 0 Å². The summed E-state index contributed by atoms with van der Waals surface area (Å²) in [5, 5.41) is 7.01. The Bertz CT molecular complexity index is 130. The van der Waals surface area contributed by atoms with Crippen LogP contribution in [0.1, 0.15) is 0 Å². The first-order valence-corrected chi connectivity index (χ1v) is 3.35. The van der Waals surface area contributed by atoms with E-state index < -0.39 is 7.82 Å². The lowest BCUT2D eigenvalue weighted by Gasteiger charge is -2.22. The van der Waals surface area contributed by atoms with E-state index in [-0.39, 0.29) is 0 Å². The maximum absolute atomic E-state index is 9.06. The van der Waals surface area contributed by atoms with Gasteiger partial charge in [0, 0.05) is 0 Å². The monoisotopic (exact) mass is 168 g/mol. The molecule has 0 unspecified atom stereocenters. The Kier molecular flexibility index (Phi) is 8.04. The minimum Gasteiger partial charge on any atom is -0.788 e. The van der Waals surface area contributed by atoms with Crippen molar-refractivity contribution in [3.8, 4) is 0 Å². The summed E-state index contributed by atoms with van der Waals surface area (Å²) in [7, 11) is -5.09. The average Bonchev–Trinajstić information content (AvgIpc) is 1.87. The number of allylic oxidation sites excluding steroid dienone is 1. The summed E-state index contributed by atoms with van der Waals surface area (Å²) in [5.41, 5.74) is 0. The van der Waals surface area contributed by atoms with Crippen LogP contribution >= 0.6 is 7.82 Å². The summed E-state index contributed by atoms with van der Waals surface area (Å²) in [4.78, 5) is 27.1. The highest BCUT2D eigenvalue weighted by Gasteiger charge is 1.78. The third kappa shape index (κ3) is 25.9. The van der Waals surface area contributed by atoms with E-state index in [2.05, 4.69) is 11.3 Å². The highest BCUT2D eigenvalue weighted by atomic mass is 31.2. The van der Waals surface area contributed by atoms with Crippen LogP contribution in [-0.2, 0) is 14.0 Å². The van der Waals surface area contributed by atoms with Gasteiger partial charge >= 0.3 is 0 Å². The zero-order chi connectivity index (χ0) is 8.62. The molecule has 6 nitrogen and oxygen atoms in total. The van der Waals surface area contributed by atoms with E-state index >= 15 is 0 Å². The minimum absolute atomic E-state index is 0.639. The molecular formula is C3H5O6P-2. The van der Waals surface area contributed by atoms with Gasteiger partial charge in [0.2, 0.25) is 0 Å². The smallest absolute Gasteiger partial charge is 0.142 e. The molecule has 0 aromatic rings. The number of aldehydes is 1. The van der Waals surface area contributed by atoms with Crippen LogP contribution in [0.5, 0.6) is 0 Å². The molecule has 0 fully saturated rings. The van der Waals surface area contributed by atoms with Crippen LogP contribution in [0.3, 0.4) is 0 Å². The number of phosphoric acid groups is 1. The Morgan fingerprint density at radius 1 is 1.60 bits per heavy atom. The summed E-state index contributed by atoms with van der Waals surface area (Å²) < 4.78 is 11.4. The maximum Gasteiger partial charge on any atom is 0.142 e. The molecule has 0 saturated carbocycles. The summed E-state index contributed by atoms with van der Waals surface area (Å²) >= 11 is 0. The second kappa shape index (κ2) is 6.60. The van der Waals surface area contributed by atoms with Gasteiger partial charge in [-0.15, -0.1) is 0 Å². The molecule has 0 atom stereocenters. The van der Waals surface area contributed by atoms with Crippen LogP contribution in [0.25, 0.3) is 0 Å². The van der Waals surface area contributed by atoms with Gasteiger partial charge in [-0.05, 0) is 6.08 Å². The maximum atomic E-state index is 9.06. The number of hydrogen-bond donors (Lipinski definition) is 1. The molecule has 0 heterocycles. The van der Waals surface area contributed by atoms with Gasteiger partial charge in [-0.2, -0.15) is 0 Å². The van der Waals surface area contributed by atoms with Crippen LogP contribution in [0.2, 0.25) is 0 Å². The molecule has 0 radical (unpaired) electrons. The highest BCUT2D eigenvalue weighted by Crippen LogP contribution is 2.20. The fourth-order valence-corrected chi connectivity index (χ4v) is 0. The molecule has 0 rings (SSSR count). The molecule has 0 aromatic heterocycles. The van der Waals surface area contributed by atoms with Crippen LogP contribution in [-0.4, -0.2) is 11.5 Å². The standard InChI is InChI=1S/C3H4O.H3O5P/c1-2-3-4;1-5-6(2,3)4/h2-3H,1H2;1H,(H2,2,3,4)/p-2. The van der Waals surface area contributed by atoms with Crippen molar-refractivity contribution in [1.29, 1.82) is 0 Å². The van der Waals surface area contributed by atoms with Gasteiger partial charge in [0.25, 0.3) is 0 Å². The fraction of sp³-hybridized carbons (Fsp3) is 0. The quantitative estimate of drug-likeness (QED) is 0.180. The van der Waals surface area contributed by atoms with Gasteiger partial charge in [0.15, 0.2) is 0 Å². The molecule has 0 saturated heterocycles. The Labute approximate surface area is 56.9 Å². The van der Waals surface area contributed by atoms with Crippen molar-refractivity contribution in [3.63, 3.8) is 0 Å². The second-order valence-electron chi connectivity index (χ2n) is 0.901. The van der Waals surface area contributed by atoms with Gasteiger partial charge in [-0.3, -0.25) is 4.79 Å². The van der Waals surface area contributed by atoms with Crippen LogP contribution in [0.4, 0.5) is 0 Å². The molecule has 0 bridgehead atoms. The molecule has 60 valence electrons. The van der Waals surface area contributed by atoms with Gasteiger partial charge in [0.05, 0.1) is 7.82 Å². The highest BCUT2D eigenvalue weighted by molar-refractivity contribution is 7.43. The molecule has 0 spiro atoms. The summed E-state index contributed by atoms with van der Waals surface area (Å²) in [6.07, 6.45) is 1.83. The lowest BCUT2D eigenvalue weighted by atomic mass is 10.8. The topological polar surface area (TPSA) is 110 Å². The van der Waals surface area contributed by atoms with Crippen molar-refractivity contribution < 1.29 is 29.1 Å². The van der Waals surface area contributed by atoms with E-state index in [1.54, 1.807) is 0 Å². The van der Waals surface area contributed by atoms with E-state index in [1.807, 2.05) is 0 Å². The van der Waals surface area contributed by atoms with E-state index in [1.165, 1.54) is 6.08 Å². The lowest BCUT2D eigenvalue weighted by Crippen LogP contribution is -2.14. The Hall–Kier alpha value is -0.520. The molecule has 0 aromatic carbocycles. The molecule has 0 aliphatic carbocycles. The molecule has 0 amide bonds. The predicted molar refractivity (Wildman–Crippen MR) is 27.6 cm³/mol. The van der Waals surface area contributed by atoms with Crippen molar-refractivity contribution in [3.05, 3.63) is 12.7 Å². The molecule has 7 heteroatoms. The molecular weight excluding hydrogens is 163 g/mol. The third-order valence-electron chi connectivity index (χ3n) is 0.196. The summed E-state index contributed by atoms with van der Waals surface area (Å²) in [5.74, 6) is 0. The zero-order valence-electron chi connectivity index (χ0n) is 4.80. The minimum atomic E-state index is -5.09. The molecule has 10 heavy (non-hydrogen) atoms. The fourth-order valence-electron chi connectivity index (χ4n) is 0. The van der Waals surface area contributed by atoms with Crippen molar-refractivity contribution in [1.82, 2.24) is 0 Å². The Morgan fingerprint density at radius 2 is 1.80 bits per heavy atom. The SMILES string of the molecule is C=CC=O.O=P([O-])([O-])OO. The van der Waals surface area contributed by atoms with Crippen LogP contribution in [0.15, 0.2) is 12.7 Å². The second-order valence-corrected chi connectivity index (χ2v) is 1.96. The predicted octanol–water partition coefficient (Wildman–Crippen LogP) is -1.32. The summed E-state index contributed by atoms with van der Waals surface area (Å²) in [6, 6.07) is 0. The van der Waals surface area contributed by atoms with E-state index in [9.17, 15) is 0 Å². The van der Waals surface area contributed by atoms with Crippen molar-refractivity contribution in [2.45, 2.75) is 0 Å². The molecule has 1 N–H and O–H groups in total. The first-order valence-electron chi connectivity index (χ1n) is 1.89. The zero-order valence-corrected chi connectivity index (χ0v) is 5.69. The van der Waals surface area contributed by atoms with E-state index in [0.717, 1.165) is 0 Å². The van der Waals surface area contributed by atoms with Crippen molar-refractivity contribution >= 4 is 14.1 Å². The first kappa shape index (κ1) is 12.2. The molecule has 0 aliphatic heterocycles. The van der Waals surface area contributed by atoms with E-state index in [0.29, 0.717) is 6.29 Å². The number of rotatable bonds is 2. The van der Waals surface area contributed by atoms with Gasteiger partial charge in [0.1, 0.15) is 6.29 Å². The largest absolute Gasteiger partial charge is 0.788 e.